The topological polar surface area (TPSA) is 77.0 Å². The summed E-state index contributed by atoms with van der Waals surface area (Å²) in [6.45, 7) is 1.12. The van der Waals surface area contributed by atoms with Crippen LogP contribution in [-0.4, -0.2) is 27.5 Å². The molecule has 1 N–H and O–H groups in total. The van der Waals surface area contributed by atoms with Gasteiger partial charge in [-0.25, -0.2) is 9.97 Å². The third-order valence-electron chi connectivity index (χ3n) is 4.53. The van der Waals surface area contributed by atoms with Crippen LogP contribution >= 0.6 is 0 Å². The number of nitrogens with one attached hydrogen (secondary N) is 1. The van der Waals surface area contributed by atoms with E-state index in [1.807, 2.05) is 30.3 Å². The fourth-order valence-corrected chi connectivity index (χ4v) is 3.13. The minimum atomic E-state index is -0.207. The minimum absolute atomic E-state index is 0.00715. The molecule has 3 aromatic rings. The molecule has 1 atom stereocenters. The van der Waals surface area contributed by atoms with E-state index in [1.54, 1.807) is 18.6 Å². The second-order valence-electron chi connectivity index (χ2n) is 6.37. The van der Waals surface area contributed by atoms with Crippen molar-refractivity contribution in [2.45, 2.75) is 31.9 Å². The summed E-state index contributed by atoms with van der Waals surface area (Å²) < 4.78 is 5.70. The molecule has 0 saturated carbocycles. The number of nitrogens with zero attached hydrogens (tertiary/aromatic N) is 3. The van der Waals surface area contributed by atoms with Gasteiger partial charge in [0.1, 0.15) is 11.8 Å². The highest BCUT2D eigenvalue weighted by atomic mass is 16.5. The Balaban J connectivity index is 1.42. The molecule has 1 amide bonds. The van der Waals surface area contributed by atoms with E-state index in [9.17, 15) is 4.79 Å². The maximum atomic E-state index is 12.5. The van der Waals surface area contributed by atoms with Gasteiger partial charge in [-0.3, -0.25) is 9.78 Å². The van der Waals surface area contributed by atoms with Gasteiger partial charge in [0.2, 0.25) is 0 Å². The van der Waals surface area contributed by atoms with Gasteiger partial charge in [-0.2, -0.15) is 0 Å². The van der Waals surface area contributed by atoms with Crippen molar-refractivity contribution in [3.63, 3.8) is 0 Å². The number of amides is 1. The maximum absolute atomic E-state index is 12.5. The van der Waals surface area contributed by atoms with E-state index >= 15 is 0 Å². The van der Waals surface area contributed by atoms with Crippen molar-refractivity contribution in [1.82, 2.24) is 20.3 Å². The molecule has 0 radical (unpaired) electrons. The SMILES string of the molecule is O=C(NCc1cnc(C2CCCCO2)nc1)c1nccc2ccccc12. The lowest BCUT2D eigenvalue weighted by atomic mass is 10.1. The van der Waals surface area contributed by atoms with Crippen LogP contribution in [0.25, 0.3) is 10.8 Å². The van der Waals surface area contributed by atoms with Crippen LogP contribution in [0.2, 0.25) is 0 Å². The molecule has 0 bridgehead atoms. The first-order valence-electron chi connectivity index (χ1n) is 8.85. The Morgan fingerprint density at radius 1 is 1.12 bits per heavy atom. The van der Waals surface area contributed by atoms with Gasteiger partial charge in [0.15, 0.2) is 5.82 Å². The van der Waals surface area contributed by atoms with Crippen LogP contribution in [0.1, 0.15) is 47.2 Å². The second kappa shape index (κ2) is 7.58. The van der Waals surface area contributed by atoms with Crippen molar-refractivity contribution < 1.29 is 9.53 Å². The molecular weight excluding hydrogens is 328 g/mol. The molecule has 4 rings (SSSR count). The van der Waals surface area contributed by atoms with Crippen molar-refractivity contribution in [1.29, 1.82) is 0 Å². The summed E-state index contributed by atoms with van der Waals surface area (Å²) in [6, 6.07) is 9.61. The van der Waals surface area contributed by atoms with Gasteiger partial charge in [-0.15, -0.1) is 0 Å². The highest BCUT2D eigenvalue weighted by Gasteiger charge is 2.18. The number of pyridine rings is 1. The molecule has 6 nitrogen and oxygen atoms in total. The molecule has 1 fully saturated rings. The number of carbonyl (C=O) groups excluding carboxylic acids is 1. The van der Waals surface area contributed by atoms with Crippen molar-refractivity contribution in [2.75, 3.05) is 6.61 Å². The average molecular weight is 348 g/mol. The first kappa shape index (κ1) is 16.6. The molecule has 1 aliphatic heterocycles. The monoisotopic (exact) mass is 348 g/mol. The van der Waals surface area contributed by atoms with E-state index in [2.05, 4.69) is 20.3 Å². The number of aromatic nitrogens is 3. The van der Waals surface area contributed by atoms with Gasteiger partial charge in [-0.1, -0.05) is 24.3 Å². The maximum Gasteiger partial charge on any atom is 0.270 e. The quantitative estimate of drug-likeness (QED) is 0.783. The number of benzene rings is 1. The van der Waals surface area contributed by atoms with Gasteiger partial charge < -0.3 is 10.1 Å². The average Bonchev–Trinajstić information content (AvgIpc) is 2.72. The van der Waals surface area contributed by atoms with Gasteiger partial charge in [0.05, 0.1) is 0 Å². The number of fused-ring (bicyclic) bond motifs is 1. The fraction of sp³-hybridized carbons (Fsp3) is 0.300. The number of carbonyl (C=O) groups is 1. The van der Waals surface area contributed by atoms with Crippen molar-refractivity contribution in [2.24, 2.45) is 0 Å². The molecule has 26 heavy (non-hydrogen) atoms. The zero-order chi connectivity index (χ0) is 17.8. The largest absolute Gasteiger partial charge is 0.370 e. The molecule has 1 unspecified atom stereocenters. The third-order valence-corrected chi connectivity index (χ3v) is 4.53. The van der Waals surface area contributed by atoms with Crippen LogP contribution in [0.15, 0.2) is 48.9 Å². The lowest BCUT2D eigenvalue weighted by Gasteiger charge is -2.21. The van der Waals surface area contributed by atoms with Gasteiger partial charge >= 0.3 is 0 Å². The van der Waals surface area contributed by atoms with E-state index in [0.29, 0.717) is 12.2 Å². The van der Waals surface area contributed by atoms with E-state index in [0.717, 1.165) is 48.0 Å². The summed E-state index contributed by atoms with van der Waals surface area (Å²) in [5.74, 6) is 0.511. The molecule has 1 saturated heterocycles. The van der Waals surface area contributed by atoms with Crippen LogP contribution < -0.4 is 5.32 Å². The van der Waals surface area contributed by atoms with Crippen molar-refractivity contribution in [3.8, 4) is 0 Å². The highest BCUT2D eigenvalue weighted by molar-refractivity contribution is 6.05. The number of ether oxygens (including phenoxy) is 1. The van der Waals surface area contributed by atoms with E-state index < -0.39 is 0 Å². The fourth-order valence-electron chi connectivity index (χ4n) is 3.13. The molecular formula is C20H20N4O2. The Hall–Kier alpha value is -2.86. The van der Waals surface area contributed by atoms with Crippen LogP contribution in [0.5, 0.6) is 0 Å². The third kappa shape index (κ3) is 3.55. The van der Waals surface area contributed by atoms with E-state index in [4.69, 9.17) is 4.74 Å². The van der Waals surface area contributed by atoms with Gasteiger partial charge in [0, 0.05) is 42.7 Å². The second-order valence-corrected chi connectivity index (χ2v) is 6.37. The molecule has 1 aromatic carbocycles. The molecule has 0 spiro atoms. The molecule has 3 heterocycles. The zero-order valence-electron chi connectivity index (χ0n) is 14.4. The first-order chi connectivity index (χ1) is 12.8. The normalized spacial score (nSPS) is 17.2. The lowest BCUT2D eigenvalue weighted by molar-refractivity contribution is 0.00940. The zero-order valence-corrected chi connectivity index (χ0v) is 14.4. The molecule has 132 valence electrons. The summed E-state index contributed by atoms with van der Waals surface area (Å²) in [5, 5.41) is 4.73. The highest BCUT2D eigenvalue weighted by Crippen LogP contribution is 2.24. The molecule has 6 heteroatoms. The predicted molar refractivity (Wildman–Crippen MR) is 97.5 cm³/mol. The Morgan fingerprint density at radius 3 is 2.77 bits per heavy atom. The summed E-state index contributed by atoms with van der Waals surface area (Å²) in [4.78, 5) is 25.5. The Bertz CT molecular complexity index is 900. The van der Waals surface area contributed by atoms with Crippen LogP contribution in [0.4, 0.5) is 0 Å². The number of hydrogen-bond donors (Lipinski definition) is 1. The standard InChI is InChI=1S/C20H20N4O2/c25-20(18-16-6-2-1-5-15(16)8-9-21-18)24-13-14-11-22-19(23-12-14)17-7-3-4-10-26-17/h1-2,5-6,8-9,11-12,17H,3-4,7,10,13H2,(H,24,25). The van der Waals surface area contributed by atoms with Gasteiger partial charge in [0.25, 0.3) is 5.91 Å². The van der Waals surface area contributed by atoms with Crippen LogP contribution in [0, 0.1) is 0 Å². The van der Waals surface area contributed by atoms with Crippen molar-refractivity contribution in [3.05, 3.63) is 66.0 Å². The Kier molecular flexibility index (Phi) is 4.84. The minimum Gasteiger partial charge on any atom is -0.370 e. The van der Waals surface area contributed by atoms with E-state index in [-0.39, 0.29) is 12.0 Å². The van der Waals surface area contributed by atoms with Crippen molar-refractivity contribution >= 4 is 16.7 Å². The van der Waals surface area contributed by atoms with E-state index in [1.165, 1.54) is 0 Å². The van der Waals surface area contributed by atoms with Crippen LogP contribution in [-0.2, 0) is 11.3 Å². The number of hydrogen-bond acceptors (Lipinski definition) is 5. The Labute approximate surface area is 151 Å². The number of rotatable bonds is 4. The first-order valence-corrected chi connectivity index (χ1v) is 8.85. The molecule has 1 aliphatic rings. The molecule has 2 aromatic heterocycles. The smallest absolute Gasteiger partial charge is 0.270 e. The van der Waals surface area contributed by atoms with Gasteiger partial charge in [-0.05, 0) is 30.7 Å². The molecule has 0 aliphatic carbocycles. The Morgan fingerprint density at radius 2 is 1.96 bits per heavy atom. The summed E-state index contributed by atoms with van der Waals surface area (Å²) in [5.41, 5.74) is 1.27. The summed E-state index contributed by atoms with van der Waals surface area (Å²) >= 11 is 0. The van der Waals surface area contributed by atoms with Crippen LogP contribution in [0.3, 0.4) is 0 Å². The summed E-state index contributed by atoms with van der Waals surface area (Å²) in [7, 11) is 0. The lowest BCUT2D eigenvalue weighted by Crippen LogP contribution is -2.24. The summed E-state index contributed by atoms with van der Waals surface area (Å²) in [6.07, 6.45) is 8.34. The predicted octanol–water partition coefficient (Wildman–Crippen LogP) is 3.20.